The molecule has 0 unspecified atom stereocenters. The summed E-state index contributed by atoms with van der Waals surface area (Å²) < 4.78 is 38.5. The summed E-state index contributed by atoms with van der Waals surface area (Å²) in [5.74, 6) is 1.61. The van der Waals surface area contributed by atoms with Gasteiger partial charge in [-0.2, -0.15) is 0 Å². The normalized spacial score (nSPS) is 16.4. The number of carbonyl (C=O) groups is 1. The Morgan fingerprint density at radius 1 is 1.11 bits per heavy atom. The molecule has 3 N–H and O–H groups in total. The molecule has 1 fully saturated rings. The zero-order valence-corrected chi connectivity index (χ0v) is 20.5. The summed E-state index contributed by atoms with van der Waals surface area (Å²) in [6.07, 6.45) is 1.95. The Morgan fingerprint density at radius 2 is 1.86 bits per heavy atom. The van der Waals surface area contributed by atoms with Crippen molar-refractivity contribution in [3.8, 4) is 22.8 Å². The SMILES string of the molecule is CC[C@H](CO)NS(=O)(=O)c1ccc(-c2cccc(NC(=O)C3(c4ccc5c(c4)OCO5)CC3)n2)cc1.[HH]. The highest BCUT2D eigenvalue weighted by Gasteiger charge is 2.51. The fourth-order valence-corrected chi connectivity index (χ4v) is 5.52. The fourth-order valence-electron chi connectivity index (χ4n) is 4.21. The van der Waals surface area contributed by atoms with E-state index < -0.39 is 21.5 Å². The lowest BCUT2D eigenvalue weighted by Crippen LogP contribution is -2.36. The summed E-state index contributed by atoms with van der Waals surface area (Å²) >= 11 is 0. The number of amides is 1. The van der Waals surface area contributed by atoms with E-state index in [9.17, 15) is 18.3 Å². The van der Waals surface area contributed by atoms with Crippen LogP contribution in [0.3, 0.4) is 0 Å². The van der Waals surface area contributed by atoms with Crippen LogP contribution in [0.4, 0.5) is 5.82 Å². The number of fused-ring (bicyclic) bond motifs is 1. The maximum Gasteiger partial charge on any atom is 0.240 e. The lowest BCUT2D eigenvalue weighted by atomic mass is 9.94. The second-order valence-corrected chi connectivity index (χ2v) is 10.7. The molecule has 0 spiro atoms. The van der Waals surface area contributed by atoms with E-state index in [2.05, 4.69) is 15.0 Å². The molecule has 0 bridgehead atoms. The molecule has 2 aromatic carbocycles. The molecule has 190 valence electrons. The van der Waals surface area contributed by atoms with Gasteiger partial charge < -0.3 is 19.9 Å². The molecule has 10 heteroatoms. The lowest BCUT2D eigenvalue weighted by Gasteiger charge is -2.16. The zero-order chi connectivity index (χ0) is 25.3. The number of pyridine rings is 1. The smallest absolute Gasteiger partial charge is 0.240 e. The third-order valence-electron chi connectivity index (χ3n) is 6.60. The van der Waals surface area contributed by atoms with E-state index in [0.717, 1.165) is 18.4 Å². The zero-order valence-electron chi connectivity index (χ0n) is 19.7. The first-order chi connectivity index (χ1) is 17.3. The summed E-state index contributed by atoms with van der Waals surface area (Å²) in [7, 11) is -3.75. The van der Waals surface area contributed by atoms with Gasteiger partial charge in [-0.25, -0.2) is 18.1 Å². The van der Waals surface area contributed by atoms with Crippen LogP contribution in [0.25, 0.3) is 11.3 Å². The van der Waals surface area contributed by atoms with Crippen LogP contribution in [0, 0.1) is 0 Å². The maximum absolute atomic E-state index is 13.2. The first-order valence-electron chi connectivity index (χ1n) is 11.8. The molecule has 36 heavy (non-hydrogen) atoms. The number of nitrogens with one attached hydrogen (secondary N) is 2. The minimum atomic E-state index is -3.75. The third-order valence-corrected chi connectivity index (χ3v) is 8.13. The molecule has 0 radical (unpaired) electrons. The van der Waals surface area contributed by atoms with E-state index in [1.165, 1.54) is 12.1 Å². The average molecular weight is 512 g/mol. The van der Waals surface area contributed by atoms with Crippen molar-refractivity contribution in [2.75, 3.05) is 18.7 Å². The van der Waals surface area contributed by atoms with E-state index in [-0.39, 0.29) is 25.6 Å². The number of carbonyl (C=O) groups excluding carboxylic acids is 1. The number of benzene rings is 2. The summed E-state index contributed by atoms with van der Waals surface area (Å²) in [6.45, 7) is 1.70. The lowest BCUT2D eigenvalue weighted by molar-refractivity contribution is -0.118. The number of anilines is 1. The molecule has 1 atom stereocenters. The van der Waals surface area contributed by atoms with Crippen LogP contribution in [0.15, 0.2) is 65.6 Å². The maximum atomic E-state index is 13.2. The molecule has 1 aromatic heterocycles. The van der Waals surface area contributed by atoms with Crippen molar-refractivity contribution in [1.82, 2.24) is 9.71 Å². The first kappa shape index (κ1) is 24.2. The molecule has 1 saturated carbocycles. The Hall–Kier alpha value is -3.47. The predicted octanol–water partition coefficient (Wildman–Crippen LogP) is 3.44. The van der Waals surface area contributed by atoms with Gasteiger partial charge in [0.05, 0.1) is 22.6 Å². The first-order valence-corrected chi connectivity index (χ1v) is 13.3. The molecule has 5 rings (SSSR count). The van der Waals surface area contributed by atoms with Gasteiger partial charge in [-0.1, -0.05) is 31.2 Å². The fraction of sp³-hybridized carbons (Fsp3) is 0.308. The molecule has 9 nitrogen and oxygen atoms in total. The summed E-state index contributed by atoms with van der Waals surface area (Å²) in [5, 5.41) is 12.2. The second-order valence-electron chi connectivity index (χ2n) is 8.95. The van der Waals surface area contributed by atoms with Gasteiger partial charge in [-0.15, -0.1) is 0 Å². The number of aliphatic hydroxyl groups is 1. The van der Waals surface area contributed by atoms with Gasteiger partial charge in [0.25, 0.3) is 0 Å². The number of hydrogen-bond acceptors (Lipinski definition) is 7. The number of nitrogens with zero attached hydrogens (tertiary/aromatic N) is 1. The van der Waals surface area contributed by atoms with E-state index in [1.807, 2.05) is 18.2 Å². The van der Waals surface area contributed by atoms with E-state index in [1.54, 1.807) is 37.3 Å². The van der Waals surface area contributed by atoms with Crippen molar-refractivity contribution in [3.63, 3.8) is 0 Å². The Labute approximate surface area is 211 Å². The Morgan fingerprint density at radius 3 is 2.56 bits per heavy atom. The van der Waals surface area contributed by atoms with Gasteiger partial charge in [0.15, 0.2) is 11.5 Å². The van der Waals surface area contributed by atoms with Gasteiger partial charge in [0, 0.05) is 13.0 Å². The van der Waals surface area contributed by atoms with Gasteiger partial charge >= 0.3 is 0 Å². The van der Waals surface area contributed by atoms with Crippen molar-refractivity contribution in [3.05, 3.63) is 66.2 Å². The van der Waals surface area contributed by atoms with Crippen molar-refractivity contribution >= 4 is 21.7 Å². The minimum Gasteiger partial charge on any atom is -0.454 e. The van der Waals surface area contributed by atoms with Gasteiger partial charge in [-0.3, -0.25) is 4.79 Å². The molecular formula is C26H29N3O6S. The second kappa shape index (κ2) is 9.53. The van der Waals surface area contributed by atoms with Crippen LogP contribution in [-0.4, -0.2) is 43.9 Å². The van der Waals surface area contributed by atoms with Crippen LogP contribution >= 0.6 is 0 Å². The van der Waals surface area contributed by atoms with Crippen LogP contribution in [0.1, 0.15) is 33.2 Å². The van der Waals surface area contributed by atoms with Gasteiger partial charge in [-0.05, 0) is 61.2 Å². The highest BCUT2D eigenvalue weighted by atomic mass is 32.2. The molecule has 1 aliphatic carbocycles. The van der Waals surface area contributed by atoms with Crippen molar-refractivity contribution in [2.24, 2.45) is 0 Å². The van der Waals surface area contributed by atoms with Crippen molar-refractivity contribution in [1.29, 1.82) is 0 Å². The topological polar surface area (TPSA) is 127 Å². The largest absolute Gasteiger partial charge is 0.454 e. The van der Waals surface area contributed by atoms with Gasteiger partial charge in [0.2, 0.25) is 22.7 Å². The van der Waals surface area contributed by atoms with Crippen molar-refractivity contribution in [2.45, 2.75) is 42.5 Å². The van der Waals surface area contributed by atoms with Crippen LogP contribution in [0.5, 0.6) is 11.5 Å². The standard InChI is InChI=1S/C26H27N3O6S.H2/c1-2-19(15-30)29-36(32,33)20-9-6-17(7-10-20)21-4-3-5-24(27-21)28-25(31)26(12-13-26)18-8-11-22-23(14-18)35-16-34-22;/h3-11,14,19,29-30H,2,12-13,15-16H2,1H3,(H,27,28,31);1H/t19-;/m1./s1. The number of aromatic nitrogens is 1. The monoisotopic (exact) mass is 511 g/mol. The molecular weight excluding hydrogens is 482 g/mol. The molecule has 1 aliphatic heterocycles. The number of hydrogen-bond donors (Lipinski definition) is 3. The third kappa shape index (κ3) is 4.67. The number of rotatable bonds is 9. The Balaban J connectivity index is 0.00000320. The van der Waals surface area contributed by atoms with E-state index in [0.29, 0.717) is 35.0 Å². The van der Waals surface area contributed by atoms with Crippen LogP contribution in [-0.2, 0) is 20.2 Å². The predicted molar refractivity (Wildman–Crippen MR) is 135 cm³/mol. The number of sulfonamides is 1. The number of ether oxygens (including phenoxy) is 2. The highest BCUT2D eigenvalue weighted by molar-refractivity contribution is 7.89. The van der Waals surface area contributed by atoms with Crippen molar-refractivity contribution < 1.29 is 29.2 Å². The molecule has 0 saturated heterocycles. The van der Waals surface area contributed by atoms with Crippen LogP contribution < -0.4 is 19.5 Å². The quantitative estimate of drug-likeness (QED) is 0.402. The molecule has 2 aliphatic rings. The van der Waals surface area contributed by atoms with E-state index in [4.69, 9.17) is 9.47 Å². The average Bonchev–Trinajstić information content (AvgIpc) is 3.58. The highest BCUT2D eigenvalue weighted by Crippen LogP contribution is 2.51. The minimum absolute atomic E-state index is 0. The number of aliphatic hydroxyl groups excluding tert-OH is 1. The Bertz CT molecular complexity index is 1390. The van der Waals surface area contributed by atoms with Gasteiger partial charge in [0.1, 0.15) is 5.82 Å². The summed E-state index contributed by atoms with van der Waals surface area (Å²) in [4.78, 5) is 17.9. The molecule has 3 aromatic rings. The van der Waals surface area contributed by atoms with Crippen LogP contribution in [0.2, 0.25) is 0 Å². The molecule has 2 heterocycles. The van der Waals surface area contributed by atoms with E-state index >= 15 is 0 Å². The summed E-state index contributed by atoms with van der Waals surface area (Å²) in [5.41, 5.74) is 1.57. The molecule has 1 amide bonds. The Kier molecular flexibility index (Phi) is 6.42. The summed E-state index contributed by atoms with van der Waals surface area (Å²) in [6, 6.07) is 16.7.